The topological polar surface area (TPSA) is 150 Å². The first-order valence-corrected chi connectivity index (χ1v) is 7.58. The van der Waals surface area contributed by atoms with E-state index >= 15 is 0 Å². The maximum Gasteiger partial charge on any atom is 0.192 e. The number of halogens is 2. The molecule has 19 heavy (non-hydrogen) atoms. The molecule has 0 aliphatic carbocycles. The quantitative estimate of drug-likeness (QED) is 0.579. The van der Waals surface area contributed by atoms with Crippen LogP contribution in [0.2, 0.25) is 10.0 Å². The van der Waals surface area contributed by atoms with Crippen molar-refractivity contribution in [3.8, 4) is 5.75 Å². The van der Waals surface area contributed by atoms with E-state index in [1.165, 1.54) is 5.43 Å². The van der Waals surface area contributed by atoms with Crippen molar-refractivity contribution in [1.29, 1.82) is 0 Å². The summed E-state index contributed by atoms with van der Waals surface area (Å²) in [7, 11) is -11.3. The molecule has 0 amide bonds. The summed E-state index contributed by atoms with van der Waals surface area (Å²) in [6.45, 7) is 0. The highest BCUT2D eigenvalue weighted by atomic mass is 35.5. The van der Waals surface area contributed by atoms with Crippen LogP contribution in [0.1, 0.15) is 0 Å². The zero-order valence-electron chi connectivity index (χ0n) is 8.57. The van der Waals surface area contributed by atoms with Crippen molar-refractivity contribution in [2.24, 2.45) is 0 Å². The average molecular weight is 351 g/mol. The third-order valence-corrected chi connectivity index (χ3v) is 4.36. The van der Waals surface area contributed by atoms with Crippen molar-refractivity contribution in [2.45, 2.75) is 0 Å². The summed E-state index contributed by atoms with van der Waals surface area (Å²) in [4.78, 5) is 0. The van der Waals surface area contributed by atoms with Crippen LogP contribution in [0.3, 0.4) is 0 Å². The Morgan fingerprint density at radius 1 is 1.05 bits per heavy atom. The van der Waals surface area contributed by atoms with Gasteiger partial charge < -0.3 is 14.2 Å². The van der Waals surface area contributed by atoms with Crippen LogP contribution in [0.25, 0.3) is 0 Å². The number of nitrogens with zero attached hydrogens (tertiary/aromatic N) is 1. The van der Waals surface area contributed by atoms with Crippen molar-refractivity contribution in [3.63, 3.8) is 0 Å². The molecule has 0 heterocycles. The van der Waals surface area contributed by atoms with Gasteiger partial charge in [0.1, 0.15) is 5.75 Å². The SMILES string of the molecule is O=S(=O)([O-])N(Nc1cc(O)c(Cl)cc1Cl)S(=O)(=O)[O-]. The molecule has 0 aromatic heterocycles. The van der Waals surface area contributed by atoms with Gasteiger partial charge in [-0.25, -0.2) is 16.8 Å². The van der Waals surface area contributed by atoms with Crippen molar-refractivity contribution >= 4 is 49.5 Å². The largest absolute Gasteiger partial charge is 0.733 e. The molecule has 0 radical (unpaired) electrons. The number of hydrogen-bond donors (Lipinski definition) is 2. The minimum atomic E-state index is -5.66. The predicted octanol–water partition coefficient (Wildman–Crippen LogP) is 0.248. The van der Waals surface area contributed by atoms with Gasteiger partial charge >= 0.3 is 0 Å². The molecule has 1 aromatic carbocycles. The second-order valence-electron chi connectivity index (χ2n) is 3.01. The lowest BCUT2D eigenvalue weighted by molar-refractivity contribution is 0.384. The molecule has 0 saturated heterocycles. The lowest BCUT2D eigenvalue weighted by Gasteiger charge is -2.28. The maximum atomic E-state index is 10.6. The predicted molar refractivity (Wildman–Crippen MR) is 63.0 cm³/mol. The Kier molecular flexibility index (Phi) is 4.51. The van der Waals surface area contributed by atoms with E-state index in [1.807, 2.05) is 0 Å². The average Bonchev–Trinajstić information content (AvgIpc) is 2.17. The maximum absolute atomic E-state index is 10.6. The number of benzene rings is 1. The van der Waals surface area contributed by atoms with E-state index in [1.54, 1.807) is 0 Å². The Morgan fingerprint density at radius 3 is 1.95 bits per heavy atom. The molecular formula is C6H4Cl2N2O7S2-2. The normalized spacial score (nSPS) is 12.7. The first-order valence-electron chi connectivity index (χ1n) is 4.10. The first kappa shape index (κ1) is 16.2. The minimum absolute atomic E-state index is 0.211. The number of hydrazine groups is 1. The van der Waals surface area contributed by atoms with Crippen LogP contribution in [0.15, 0.2) is 12.1 Å². The highest BCUT2D eigenvalue weighted by Crippen LogP contribution is 2.33. The van der Waals surface area contributed by atoms with Gasteiger partial charge in [0.15, 0.2) is 20.6 Å². The van der Waals surface area contributed by atoms with Gasteiger partial charge in [-0.3, -0.25) is 5.43 Å². The van der Waals surface area contributed by atoms with Crippen molar-refractivity contribution in [1.82, 2.24) is 3.82 Å². The zero-order valence-corrected chi connectivity index (χ0v) is 11.7. The van der Waals surface area contributed by atoms with Crippen molar-refractivity contribution < 1.29 is 31.0 Å². The fourth-order valence-corrected chi connectivity index (χ4v) is 2.69. The van der Waals surface area contributed by atoms with Crippen LogP contribution < -0.4 is 5.43 Å². The van der Waals surface area contributed by atoms with Crippen LogP contribution in [0, 0.1) is 0 Å². The van der Waals surface area contributed by atoms with Gasteiger partial charge in [-0.2, -0.15) is 0 Å². The van der Waals surface area contributed by atoms with Gasteiger partial charge in [-0.1, -0.05) is 23.2 Å². The molecule has 0 bridgehead atoms. The van der Waals surface area contributed by atoms with Gasteiger partial charge in [0.2, 0.25) is 0 Å². The molecule has 2 N–H and O–H groups in total. The van der Waals surface area contributed by atoms with E-state index in [4.69, 9.17) is 23.2 Å². The van der Waals surface area contributed by atoms with Gasteiger partial charge in [0.05, 0.1) is 15.7 Å². The second kappa shape index (κ2) is 5.28. The summed E-state index contributed by atoms with van der Waals surface area (Å²) in [5.41, 5.74) is 0.952. The van der Waals surface area contributed by atoms with Crippen LogP contribution in [-0.4, -0.2) is 34.9 Å². The van der Waals surface area contributed by atoms with Crippen molar-refractivity contribution in [2.75, 3.05) is 5.43 Å². The fraction of sp³-hybridized carbons (Fsp3) is 0. The Labute approximate surface area is 118 Å². The summed E-state index contributed by atoms with van der Waals surface area (Å²) in [6.07, 6.45) is 0. The third-order valence-electron chi connectivity index (χ3n) is 1.65. The minimum Gasteiger partial charge on any atom is -0.733 e. The molecule has 0 fully saturated rings. The molecule has 0 aliphatic heterocycles. The Balaban J connectivity index is 3.30. The standard InChI is InChI=1S/C6H6Cl2N2O7S2/c7-3-1-4(8)6(11)2-5(3)9-10(18(12,13)14)19(15,16)17/h1-2,9,11H,(H,12,13,14)(H,15,16,17)/p-2. The first-order chi connectivity index (χ1) is 8.43. The summed E-state index contributed by atoms with van der Waals surface area (Å²) in [6, 6.07) is 1.67. The molecule has 13 heteroatoms. The van der Waals surface area contributed by atoms with E-state index in [9.17, 15) is 31.0 Å². The highest BCUT2D eigenvalue weighted by molar-refractivity contribution is 7.98. The van der Waals surface area contributed by atoms with E-state index in [0.29, 0.717) is 0 Å². The molecule has 0 aliphatic rings. The van der Waals surface area contributed by atoms with E-state index in [0.717, 1.165) is 12.1 Å². The number of rotatable bonds is 4. The fourth-order valence-electron chi connectivity index (χ4n) is 0.945. The monoisotopic (exact) mass is 350 g/mol. The number of anilines is 1. The van der Waals surface area contributed by atoms with Gasteiger partial charge in [0.25, 0.3) is 0 Å². The van der Waals surface area contributed by atoms with Crippen LogP contribution in [0.4, 0.5) is 5.69 Å². The summed E-state index contributed by atoms with van der Waals surface area (Å²) in [5, 5.41) is 8.69. The molecule has 9 nitrogen and oxygen atoms in total. The molecule has 1 rings (SSSR count). The molecule has 0 spiro atoms. The Hall–Kier alpha value is -0.820. The van der Waals surface area contributed by atoms with Crippen LogP contribution >= 0.6 is 23.2 Å². The number of phenols is 1. The lowest BCUT2D eigenvalue weighted by Crippen LogP contribution is -2.40. The van der Waals surface area contributed by atoms with E-state index in [2.05, 4.69) is 0 Å². The number of nitrogens with one attached hydrogen (secondary N) is 1. The van der Waals surface area contributed by atoms with E-state index < -0.39 is 35.9 Å². The molecular weight excluding hydrogens is 347 g/mol. The Bertz CT molecular complexity index is 671. The van der Waals surface area contributed by atoms with Crippen LogP contribution in [0.5, 0.6) is 5.75 Å². The van der Waals surface area contributed by atoms with Crippen molar-refractivity contribution in [3.05, 3.63) is 22.2 Å². The second-order valence-corrected chi connectivity index (χ2v) is 6.49. The molecule has 0 saturated carbocycles. The number of aromatic hydroxyl groups is 1. The molecule has 0 unspecified atom stereocenters. The third kappa shape index (κ3) is 4.07. The number of hydrogen-bond acceptors (Lipinski definition) is 8. The Morgan fingerprint density at radius 2 is 1.53 bits per heavy atom. The van der Waals surface area contributed by atoms with Gasteiger partial charge in [-0.15, -0.1) is 0 Å². The highest BCUT2D eigenvalue weighted by Gasteiger charge is 2.21. The van der Waals surface area contributed by atoms with Crippen LogP contribution in [-0.2, 0) is 20.6 Å². The zero-order chi connectivity index (χ0) is 15.0. The summed E-state index contributed by atoms with van der Waals surface area (Å²) in [5.74, 6) is -0.583. The smallest absolute Gasteiger partial charge is 0.192 e. The van der Waals surface area contributed by atoms with E-state index in [-0.39, 0.29) is 10.0 Å². The van der Waals surface area contributed by atoms with Gasteiger partial charge in [0, 0.05) is 6.07 Å². The summed E-state index contributed by atoms with van der Waals surface area (Å²) >= 11 is 11.0. The summed E-state index contributed by atoms with van der Waals surface area (Å²) < 4.78 is 62.8. The van der Waals surface area contributed by atoms with Gasteiger partial charge in [-0.05, 0) is 9.89 Å². The lowest BCUT2D eigenvalue weighted by atomic mass is 10.3. The molecule has 0 atom stereocenters. The number of phenolic OH excluding ortho intramolecular Hbond substituents is 1. The molecule has 108 valence electrons. The molecule has 1 aromatic rings.